The quantitative estimate of drug-likeness (QED) is 0.487. The number of nitrogens with one attached hydrogen (secondary N) is 1. The number of fused-ring (bicyclic) bond motifs is 1. The first kappa shape index (κ1) is 19.1. The summed E-state index contributed by atoms with van der Waals surface area (Å²) in [7, 11) is 0. The topological polar surface area (TPSA) is 80.6 Å². The Balaban J connectivity index is 1.38. The number of amides is 1. The Morgan fingerprint density at radius 1 is 1.03 bits per heavy atom. The zero-order valence-corrected chi connectivity index (χ0v) is 16.0. The van der Waals surface area contributed by atoms with Gasteiger partial charge >= 0.3 is 0 Å². The molecule has 6 nitrogen and oxygen atoms in total. The van der Waals surface area contributed by atoms with Crippen LogP contribution in [-0.4, -0.2) is 12.7 Å². The molecule has 4 rings (SSSR count). The van der Waals surface area contributed by atoms with Gasteiger partial charge in [-0.2, -0.15) is 5.26 Å². The van der Waals surface area contributed by atoms with Crippen LogP contribution < -0.4 is 19.5 Å². The van der Waals surface area contributed by atoms with Gasteiger partial charge in [0.1, 0.15) is 24.0 Å². The van der Waals surface area contributed by atoms with Gasteiger partial charge in [0.15, 0.2) is 11.5 Å². The van der Waals surface area contributed by atoms with Crippen LogP contribution in [0.4, 0.5) is 5.69 Å². The van der Waals surface area contributed by atoms with E-state index >= 15 is 0 Å². The fraction of sp³-hybridized carbons (Fsp3) is 0.0833. The highest BCUT2D eigenvalue weighted by atomic mass is 16.7. The number of nitrogens with zero attached hydrogens (tertiary/aromatic N) is 1. The van der Waals surface area contributed by atoms with Crippen LogP contribution in [0.2, 0.25) is 0 Å². The third-order valence-corrected chi connectivity index (χ3v) is 4.43. The van der Waals surface area contributed by atoms with Crippen molar-refractivity contribution in [2.45, 2.75) is 6.61 Å². The second kappa shape index (κ2) is 8.84. The minimum absolute atomic E-state index is 0.0212. The van der Waals surface area contributed by atoms with Crippen LogP contribution in [0.1, 0.15) is 11.1 Å². The van der Waals surface area contributed by atoms with E-state index in [1.54, 1.807) is 42.5 Å². The van der Waals surface area contributed by atoms with Crippen LogP contribution in [0.15, 0.2) is 78.4 Å². The highest BCUT2D eigenvalue weighted by Crippen LogP contribution is 2.32. The Hall–Kier alpha value is -4.24. The highest BCUT2D eigenvalue weighted by molar-refractivity contribution is 6.09. The van der Waals surface area contributed by atoms with E-state index in [4.69, 9.17) is 14.2 Å². The maximum Gasteiger partial charge on any atom is 0.266 e. The van der Waals surface area contributed by atoms with Crippen LogP contribution in [0.3, 0.4) is 0 Å². The SMILES string of the molecule is N#C/C(=C/c1ccc(OCc2ccc3c(c2)OCO3)cc1)C(=O)Nc1ccccc1. The van der Waals surface area contributed by atoms with Crippen molar-refractivity contribution in [3.05, 3.63) is 89.5 Å². The Morgan fingerprint density at radius 3 is 2.57 bits per heavy atom. The molecule has 0 bridgehead atoms. The molecular weight excluding hydrogens is 380 g/mol. The molecule has 0 spiro atoms. The molecule has 30 heavy (non-hydrogen) atoms. The van der Waals surface area contributed by atoms with Gasteiger partial charge in [0.25, 0.3) is 5.91 Å². The van der Waals surface area contributed by atoms with Gasteiger partial charge in [0.05, 0.1) is 0 Å². The van der Waals surface area contributed by atoms with Crippen molar-refractivity contribution in [1.29, 1.82) is 5.26 Å². The summed E-state index contributed by atoms with van der Waals surface area (Å²) in [5.74, 6) is 1.68. The van der Waals surface area contributed by atoms with Crippen molar-refractivity contribution in [3.8, 4) is 23.3 Å². The number of benzene rings is 3. The minimum Gasteiger partial charge on any atom is -0.489 e. The Bertz CT molecular complexity index is 1120. The van der Waals surface area contributed by atoms with Crippen LogP contribution in [0.5, 0.6) is 17.2 Å². The molecular formula is C24H18N2O4. The molecule has 0 saturated carbocycles. The minimum atomic E-state index is -0.452. The van der Waals surface area contributed by atoms with Crippen LogP contribution in [-0.2, 0) is 11.4 Å². The number of nitriles is 1. The first-order valence-corrected chi connectivity index (χ1v) is 9.31. The van der Waals surface area contributed by atoms with E-state index < -0.39 is 5.91 Å². The van der Waals surface area contributed by atoms with Crippen molar-refractivity contribution < 1.29 is 19.0 Å². The molecule has 0 radical (unpaired) electrons. The van der Waals surface area contributed by atoms with E-state index in [1.807, 2.05) is 42.5 Å². The van der Waals surface area contributed by atoms with E-state index in [0.29, 0.717) is 18.0 Å². The molecule has 3 aromatic rings. The smallest absolute Gasteiger partial charge is 0.266 e. The molecule has 3 aromatic carbocycles. The van der Waals surface area contributed by atoms with E-state index in [0.717, 1.165) is 22.6 Å². The molecule has 0 aromatic heterocycles. The predicted octanol–water partition coefficient (Wildman–Crippen LogP) is 4.54. The molecule has 0 unspecified atom stereocenters. The lowest BCUT2D eigenvalue weighted by Gasteiger charge is -2.08. The summed E-state index contributed by atoms with van der Waals surface area (Å²) >= 11 is 0. The van der Waals surface area contributed by atoms with Gasteiger partial charge in [-0.3, -0.25) is 4.79 Å². The molecule has 0 aliphatic carbocycles. The number of anilines is 1. The number of ether oxygens (including phenoxy) is 3. The largest absolute Gasteiger partial charge is 0.489 e. The Labute approximate surface area is 173 Å². The van der Waals surface area contributed by atoms with Gasteiger partial charge in [-0.25, -0.2) is 0 Å². The average molecular weight is 398 g/mol. The van der Waals surface area contributed by atoms with Crippen molar-refractivity contribution >= 4 is 17.7 Å². The maximum absolute atomic E-state index is 12.3. The first-order valence-electron chi connectivity index (χ1n) is 9.31. The highest BCUT2D eigenvalue weighted by Gasteiger charge is 2.13. The monoisotopic (exact) mass is 398 g/mol. The summed E-state index contributed by atoms with van der Waals surface area (Å²) in [6, 6.07) is 23.8. The zero-order chi connectivity index (χ0) is 20.8. The molecule has 148 valence electrons. The van der Waals surface area contributed by atoms with Gasteiger partial charge in [-0.15, -0.1) is 0 Å². The first-order chi connectivity index (χ1) is 14.7. The lowest BCUT2D eigenvalue weighted by atomic mass is 10.1. The molecule has 0 atom stereocenters. The van der Waals surface area contributed by atoms with E-state index in [9.17, 15) is 10.1 Å². The number of para-hydroxylation sites is 1. The van der Waals surface area contributed by atoms with Crippen LogP contribution in [0, 0.1) is 11.3 Å². The lowest BCUT2D eigenvalue weighted by molar-refractivity contribution is -0.112. The number of carbonyl (C=O) groups excluding carboxylic acids is 1. The molecule has 1 N–H and O–H groups in total. The predicted molar refractivity (Wildman–Crippen MR) is 112 cm³/mol. The second-order valence-electron chi connectivity index (χ2n) is 6.54. The number of rotatable bonds is 6. The lowest BCUT2D eigenvalue weighted by Crippen LogP contribution is -2.13. The van der Waals surface area contributed by atoms with Crippen LogP contribution >= 0.6 is 0 Å². The Morgan fingerprint density at radius 2 is 1.80 bits per heavy atom. The third kappa shape index (κ3) is 4.59. The van der Waals surface area contributed by atoms with E-state index in [1.165, 1.54) is 0 Å². The molecule has 0 fully saturated rings. The van der Waals surface area contributed by atoms with E-state index in [-0.39, 0.29) is 12.4 Å². The standard InChI is InChI=1S/C24H18N2O4/c25-14-19(24(27)26-20-4-2-1-3-5-20)12-17-6-9-21(10-7-17)28-15-18-8-11-22-23(13-18)30-16-29-22/h1-13H,15-16H2,(H,26,27)/b19-12-. The normalized spacial score (nSPS) is 12.2. The van der Waals surface area contributed by atoms with Gasteiger partial charge in [-0.05, 0) is 53.6 Å². The van der Waals surface area contributed by atoms with Crippen molar-refractivity contribution in [3.63, 3.8) is 0 Å². The molecule has 1 amide bonds. The third-order valence-electron chi connectivity index (χ3n) is 4.43. The van der Waals surface area contributed by atoms with Gasteiger partial charge in [0.2, 0.25) is 6.79 Å². The summed E-state index contributed by atoms with van der Waals surface area (Å²) in [6.07, 6.45) is 1.54. The van der Waals surface area contributed by atoms with Gasteiger partial charge < -0.3 is 19.5 Å². The second-order valence-corrected chi connectivity index (χ2v) is 6.54. The van der Waals surface area contributed by atoms with Crippen molar-refractivity contribution in [2.75, 3.05) is 12.1 Å². The van der Waals surface area contributed by atoms with Crippen LogP contribution in [0.25, 0.3) is 6.08 Å². The summed E-state index contributed by atoms with van der Waals surface area (Å²) in [6.45, 7) is 0.622. The summed E-state index contributed by atoms with van der Waals surface area (Å²) in [5.41, 5.74) is 2.35. The molecule has 6 heteroatoms. The van der Waals surface area contributed by atoms with E-state index in [2.05, 4.69) is 5.32 Å². The molecule has 0 saturated heterocycles. The fourth-order valence-electron chi connectivity index (χ4n) is 2.89. The number of carbonyl (C=O) groups is 1. The number of hydrogen-bond acceptors (Lipinski definition) is 5. The molecule has 1 aliphatic heterocycles. The molecule has 1 aliphatic rings. The zero-order valence-electron chi connectivity index (χ0n) is 16.0. The van der Waals surface area contributed by atoms with Crippen molar-refractivity contribution in [1.82, 2.24) is 0 Å². The van der Waals surface area contributed by atoms with Crippen molar-refractivity contribution in [2.24, 2.45) is 0 Å². The number of hydrogen-bond donors (Lipinski definition) is 1. The molecule has 1 heterocycles. The summed E-state index contributed by atoms with van der Waals surface area (Å²) in [5, 5.41) is 12.1. The fourth-order valence-corrected chi connectivity index (χ4v) is 2.89. The maximum atomic E-state index is 12.3. The average Bonchev–Trinajstić information content (AvgIpc) is 3.25. The van der Waals surface area contributed by atoms with Gasteiger partial charge in [0, 0.05) is 5.69 Å². The summed E-state index contributed by atoms with van der Waals surface area (Å²) < 4.78 is 16.5. The summed E-state index contributed by atoms with van der Waals surface area (Å²) in [4.78, 5) is 12.3. The Kier molecular flexibility index (Phi) is 5.63. The van der Waals surface area contributed by atoms with Gasteiger partial charge in [-0.1, -0.05) is 36.4 Å².